The number of nitrogens with one attached hydrogen (secondary N) is 2. The van der Waals surface area contributed by atoms with Crippen LogP contribution in [0.2, 0.25) is 0 Å². The topological polar surface area (TPSA) is 80.0 Å². The molecule has 5 nitrogen and oxygen atoms in total. The van der Waals surface area contributed by atoms with Crippen LogP contribution in [0.15, 0.2) is 18.3 Å². The van der Waals surface area contributed by atoms with Crippen LogP contribution in [0.3, 0.4) is 0 Å². The molecule has 0 aromatic carbocycles. The van der Waals surface area contributed by atoms with Gasteiger partial charge in [-0.15, -0.1) is 0 Å². The highest BCUT2D eigenvalue weighted by molar-refractivity contribution is 5.93. The van der Waals surface area contributed by atoms with Crippen molar-refractivity contribution >= 4 is 11.6 Å². The first-order valence-electron chi connectivity index (χ1n) is 7.01. The highest BCUT2D eigenvalue weighted by atomic mass is 16.2. The molecule has 3 saturated carbocycles. The lowest BCUT2D eigenvalue weighted by atomic mass is 10.0. The Morgan fingerprint density at radius 1 is 1.26 bits per heavy atom. The summed E-state index contributed by atoms with van der Waals surface area (Å²) in [5.74, 6) is 8.48. The summed E-state index contributed by atoms with van der Waals surface area (Å²) in [5.41, 5.74) is 3.68. The maximum Gasteiger partial charge on any atom is 0.270 e. The third-order valence-corrected chi connectivity index (χ3v) is 5.20. The summed E-state index contributed by atoms with van der Waals surface area (Å²) in [6.07, 6.45) is 5.71. The summed E-state index contributed by atoms with van der Waals surface area (Å²) in [6.45, 7) is 0. The van der Waals surface area contributed by atoms with E-state index in [1.54, 1.807) is 18.3 Å². The number of nitrogens with zero attached hydrogens (tertiary/aromatic N) is 1. The van der Waals surface area contributed by atoms with E-state index < -0.39 is 0 Å². The third kappa shape index (κ3) is 1.64. The zero-order valence-corrected chi connectivity index (χ0v) is 10.7. The number of pyridine rings is 1. The van der Waals surface area contributed by atoms with Crippen molar-refractivity contribution < 1.29 is 4.79 Å². The predicted molar refractivity (Wildman–Crippen MR) is 71.1 cm³/mol. The van der Waals surface area contributed by atoms with Crippen LogP contribution < -0.4 is 16.6 Å². The molecule has 3 aliphatic carbocycles. The molecule has 0 radical (unpaired) electrons. The Bertz CT molecular complexity index is 499. The van der Waals surface area contributed by atoms with Gasteiger partial charge in [0.2, 0.25) is 0 Å². The van der Waals surface area contributed by atoms with Gasteiger partial charge < -0.3 is 10.7 Å². The molecule has 0 spiro atoms. The number of anilines is 1. The van der Waals surface area contributed by atoms with Gasteiger partial charge in [-0.3, -0.25) is 10.6 Å². The Labute approximate surface area is 111 Å². The van der Waals surface area contributed by atoms with Crippen LogP contribution in [0.1, 0.15) is 29.8 Å². The van der Waals surface area contributed by atoms with Gasteiger partial charge in [0, 0.05) is 6.04 Å². The molecule has 19 heavy (non-hydrogen) atoms. The lowest BCUT2D eigenvalue weighted by Gasteiger charge is -2.10. The van der Waals surface area contributed by atoms with Crippen molar-refractivity contribution in [3.05, 3.63) is 24.0 Å². The van der Waals surface area contributed by atoms with Gasteiger partial charge in [0.1, 0.15) is 5.69 Å². The Morgan fingerprint density at radius 3 is 2.58 bits per heavy atom. The van der Waals surface area contributed by atoms with Gasteiger partial charge in [-0.05, 0) is 55.1 Å². The molecule has 2 bridgehead atoms. The van der Waals surface area contributed by atoms with Crippen molar-refractivity contribution in [2.75, 3.05) is 5.43 Å². The average Bonchev–Trinajstić information content (AvgIpc) is 2.85. The van der Waals surface area contributed by atoms with Gasteiger partial charge in [0.15, 0.2) is 0 Å². The summed E-state index contributed by atoms with van der Waals surface area (Å²) < 4.78 is 0. The maximum absolute atomic E-state index is 12.1. The summed E-state index contributed by atoms with van der Waals surface area (Å²) in [4.78, 5) is 16.3. The van der Waals surface area contributed by atoms with Gasteiger partial charge in [-0.25, -0.2) is 4.98 Å². The summed E-state index contributed by atoms with van der Waals surface area (Å²) in [5, 5.41) is 3.16. The minimum atomic E-state index is -0.0534. The Hall–Kier alpha value is -1.62. The second-order valence-corrected chi connectivity index (χ2v) is 6.06. The molecule has 5 heteroatoms. The number of hydrogen-bond acceptors (Lipinski definition) is 4. The number of hydrogen-bond donors (Lipinski definition) is 3. The van der Waals surface area contributed by atoms with Crippen LogP contribution in [0.25, 0.3) is 0 Å². The zero-order valence-electron chi connectivity index (χ0n) is 10.7. The number of amides is 1. The number of nitrogens with two attached hydrogens (primary N) is 1. The van der Waals surface area contributed by atoms with Crippen molar-refractivity contribution in [1.82, 2.24) is 10.3 Å². The molecule has 100 valence electrons. The first-order valence-corrected chi connectivity index (χ1v) is 7.01. The number of nitrogen functional groups attached to an aromatic ring is 1. The molecule has 0 aliphatic heterocycles. The van der Waals surface area contributed by atoms with E-state index in [0.29, 0.717) is 17.4 Å². The van der Waals surface area contributed by atoms with E-state index in [-0.39, 0.29) is 5.91 Å². The molecule has 4 unspecified atom stereocenters. The van der Waals surface area contributed by atoms with Gasteiger partial charge in [0.25, 0.3) is 5.91 Å². The second-order valence-electron chi connectivity index (χ2n) is 6.06. The molecule has 4 atom stereocenters. The van der Waals surface area contributed by atoms with E-state index in [2.05, 4.69) is 15.7 Å². The Balaban J connectivity index is 1.42. The molecule has 3 fully saturated rings. The first kappa shape index (κ1) is 11.2. The van der Waals surface area contributed by atoms with E-state index in [1.165, 1.54) is 19.3 Å². The number of carbonyl (C=O) groups is 1. The lowest BCUT2D eigenvalue weighted by molar-refractivity contribution is 0.0939. The van der Waals surface area contributed by atoms with Crippen LogP contribution in [-0.2, 0) is 0 Å². The van der Waals surface area contributed by atoms with Gasteiger partial charge in [-0.2, -0.15) is 0 Å². The monoisotopic (exact) mass is 258 g/mol. The van der Waals surface area contributed by atoms with E-state index in [1.807, 2.05) is 0 Å². The number of carbonyl (C=O) groups excluding carboxylic acids is 1. The number of hydrazine groups is 1. The highest BCUT2D eigenvalue weighted by Crippen LogP contribution is 2.65. The molecule has 4 N–H and O–H groups in total. The van der Waals surface area contributed by atoms with Crippen LogP contribution in [0.5, 0.6) is 0 Å². The van der Waals surface area contributed by atoms with E-state index in [4.69, 9.17) is 5.84 Å². The molecule has 1 heterocycles. The fourth-order valence-electron chi connectivity index (χ4n) is 4.36. The standard InChI is InChI=1S/C14H18N4O/c15-18-9-3-4-10(16-6-9)14(19)17-13-11-7-1-2-8(5-7)12(11)13/h3-4,6-8,11-13,18H,1-2,5,15H2,(H,17,19). The maximum atomic E-state index is 12.1. The summed E-state index contributed by atoms with van der Waals surface area (Å²) in [7, 11) is 0. The molecule has 1 aromatic heterocycles. The van der Waals surface area contributed by atoms with Gasteiger partial charge in [-0.1, -0.05) is 0 Å². The number of aromatic nitrogens is 1. The Kier molecular flexibility index (Phi) is 2.33. The molecule has 0 saturated heterocycles. The van der Waals surface area contributed by atoms with Crippen LogP contribution in [0.4, 0.5) is 5.69 Å². The molecule has 4 rings (SSSR count). The zero-order chi connectivity index (χ0) is 13.0. The van der Waals surface area contributed by atoms with E-state index >= 15 is 0 Å². The minimum absolute atomic E-state index is 0.0534. The molecular formula is C14H18N4O. The Morgan fingerprint density at radius 2 is 2.00 bits per heavy atom. The first-order chi connectivity index (χ1) is 9.28. The van der Waals surface area contributed by atoms with E-state index in [0.717, 1.165) is 23.7 Å². The minimum Gasteiger partial charge on any atom is -0.347 e. The largest absolute Gasteiger partial charge is 0.347 e. The molecular weight excluding hydrogens is 240 g/mol. The van der Waals surface area contributed by atoms with Crippen LogP contribution >= 0.6 is 0 Å². The summed E-state index contributed by atoms with van der Waals surface area (Å²) in [6, 6.07) is 3.88. The van der Waals surface area contributed by atoms with Crippen molar-refractivity contribution in [1.29, 1.82) is 0 Å². The van der Waals surface area contributed by atoms with Crippen molar-refractivity contribution in [3.8, 4) is 0 Å². The smallest absolute Gasteiger partial charge is 0.270 e. The van der Waals surface area contributed by atoms with Crippen molar-refractivity contribution in [2.24, 2.45) is 29.5 Å². The molecule has 1 aromatic rings. The fourth-order valence-corrected chi connectivity index (χ4v) is 4.36. The predicted octanol–water partition coefficient (Wildman–Crippen LogP) is 1.14. The lowest BCUT2D eigenvalue weighted by Crippen LogP contribution is -2.30. The van der Waals surface area contributed by atoms with E-state index in [9.17, 15) is 4.79 Å². The molecule has 1 amide bonds. The van der Waals surface area contributed by atoms with Crippen molar-refractivity contribution in [2.45, 2.75) is 25.3 Å². The van der Waals surface area contributed by atoms with Gasteiger partial charge in [0.05, 0.1) is 11.9 Å². The SMILES string of the molecule is NNc1ccc(C(=O)NC2C3C4CCC(C4)C23)nc1. The number of rotatable bonds is 3. The third-order valence-electron chi connectivity index (χ3n) is 5.20. The second kappa shape index (κ2) is 3.93. The quantitative estimate of drug-likeness (QED) is 0.561. The van der Waals surface area contributed by atoms with Gasteiger partial charge >= 0.3 is 0 Å². The molecule has 3 aliphatic rings. The number of fused-ring (bicyclic) bond motifs is 5. The van der Waals surface area contributed by atoms with Crippen LogP contribution in [0, 0.1) is 23.7 Å². The highest BCUT2D eigenvalue weighted by Gasteiger charge is 2.65. The van der Waals surface area contributed by atoms with Crippen LogP contribution in [-0.4, -0.2) is 16.9 Å². The summed E-state index contributed by atoms with van der Waals surface area (Å²) >= 11 is 0. The van der Waals surface area contributed by atoms with Crippen molar-refractivity contribution in [3.63, 3.8) is 0 Å². The fraction of sp³-hybridized carbons (Fsp3) is 0.571. The average molecular weight is 258 g/mol. The normalized spacial score (nSPS) is 37.8.